The molecule has 0 aliphatic heterocycles. The molecule has 1 heterocycles. The van der Waals surface area contributed by atoms with E-state index in [1.54, 1.807) is 11.6 Å². The summed E-state index contributed by atoms with van der Waals surface area (Å²) in [6, 6.07) is 0. The number of aromatic amines is 1. The van der Waals surface area contributed by atoms with Crippen molar-refractivity contribution in [2.75, 3.05) is 0 Å². The van der Waals surface area contributed by atoms with Gasteiger partial charge in [0.2, 0.25) is 0 Å². The maximum Gasteiger partial charge on any atom is 0.398 e. The molecule has 104 valence electrons. The Morgan fingerprint density at radius 2 is 2.16 bits per heavy atom. The van der Waals surface area contributed by atoms with Gasteiger partial charge in [-0.3, -0.25) is 0 Å². The second-order valence-corrected chi connectivity index (χ2v) is 4.96. The highest BCUT2D eigenvalue weighted by Crippen LogP contribution is 2.40. The van der Waals surface area contributed by atoms with Gasteiger partial charge < -0.3 is 14.7 Å². The predicted molar refractivity (Wildman–Crippen MR) is 67.1 cm³/mol. The van der Waals surface area contributed by atoms with E-state index >= 15 is 0 Å². The fourth-order valence-corrected chi connectivity index (χ4v) is 2.33. The largest absolute Gasteiger partial charge is 0.398 e. The van der Waals surface area contributed by atoms with E-state index in [2.05, 4.69) is 4.98 Å². The van der Waals surface area contributed by atoms with Crippen molar-refractivity contribution in [1.82, 2.24) is 9.55 Å². The van der Waals surface area contributed by atoms with E-state index in [9.17, 15) is 18.3 Å². The number of alkyl halides is 3. The number of nitrogens with zero attached hydrogens (tertiary/aromatic N) is 1. The number of allylic oxidation sites excluding steroid dienone is 2. The zero-order valence-electron chi connectivity index (χ0n) is 10.1. The van der Waals surface area contributed by atoms with E-state index < -0.39 is 17.7 Å². The molecule has 2 atom stereocenters. The van der Waals surface area contributed by atoms with Gasteiger partial charge in [0.1, 0.15) is 11.5 Å². The summed E-state index contributed by atoms with van der Waals surface area (Å²) in [4.78, 5) is 2.74. The highest BCUT2D eigenvalue weighted by atomic mass is 32.1. The molecule has 0 saturated carbocycles. The van der Waals surface area contributed by atoms with E-state index in [0.29, 0.717) is 10.5 Å². The molecule has 0 amide bonds. The minimum absolute atomic E-state index is 0.165. The molecule has 0 saturated heterocycles. The summed E-state index contributed by atoms with van der Waals surface area (Å²) < 4.78 is 40.8. The Balaban J connectivity index is 2.35. The van der Waals surface area contributed by atoms with Gasteiger partial charge in [-0.15, -0.1) is 0 Å². The van der Waals surface area contributed by atoms with Gasteiger partial charge >= 0.3 is 6.18 Å². The molecule has 1 aliphatic carbocycles. The lowest BCUT2D eigenvalue weighted by atomic mass is 9.80. The quantitative estimate of drug-likeness (QED) is 0.822. The summed E-state index contributed by atoms with van der Waals surface area (Å²) in [7, 11) is 1.64. The maximum atomic E-state index is 13.0. The van der Waals surface area contributed by atoms with Crippen LogP contribution in [0.5, 0.6) is 0 Å². The van der Waals surface area contributed by atoms with Crippen LogP contribution in [0.2, 0.25) is 0 Å². The van der Waals surface area contributed by atoms with Gasteiger partial charge in [-0.1, -0.05) is 24.3 Å². The van der Waals surface area contributed by atoms with Gasteiger partial charge in [-0.2, -0.15) is 13.2 Å². The van der Waals surface area contributed by atoms with Crippen molar-refractivity contribution in [3.63, 3.8) is 0 Å². The summed E-state index contributed by atoms with van der Waals surface area (Å²) in [6.45, 7) is 0. The van der Waals surface area contributed by atoms with Crippen molar-refractivity contribution in [3.05, 3.63) is 41.0 Å². The van der Waals surface area contributed by atoms with Crippen LogP contribution in [0, 0.1) is 10.7 Å². The normalized spacial score (nSPS) is 26.9. The highest BCUT2D eigenvalue weighted by Gasteiger charge is 2.51. The predicted octanol–water partition coefficient (Wildman–Crippen LogP) is 2.66. The van der Waals surface area contributed by atoms with Crippen LogP contribution in [0.3, 0.4) is 0 Å². The summed E-state index contributed by atoms with van der Waals surface area (Å²) in [5, 5.41) is 10.3. The third-order valence-electron chi connectivity index (χ3n) is 3.25. The Morgan fingerprint density at radius 1 is 1.47 bits per heavy atom. The first-order valence-electron chi connectivity index (χ1n) is 5.62. The number of H-pyrrole nitrogens is 1. The SMILES string of the molecule is Cn1c(CC2(O)C=CC=CC2C(F)(F)F)c[nH]c1=S. The molecule has 1 aromatic heterocycles. The van der Waals surface area contributed by atoms with Crippen molar-refractivity contribution in [2.24, 2.45) is 13.0 Å². The molecular formula is C12H13F3N2OS. The lowest BCUT2D eigenvalue weighted by Gasteiger charge is -2.34. The molecule has 7 heteroatoms. The Kier molecular flexibility index (Phi) is 3.44. The highest BCUT2D eigenvalue weighted by molar-refractivity contribution is 7.71. The number of nitrogens with one attached hydrogen (secondary N) is 1. The molecule has 0 aromatic carbocycles. The van der Waals surface area contributed by atoms with Crippen molar-refractivity contribution in [1.29, 1.82) is 0 Å². The van der Waals surface area contributed by atoms with E-state index in [-0.39, 0.29) is 6.42 Å². The van der Waals surface area contributed by atoms with Crippen LogP contribution in [-0.2, 0) is 13.5 Å². The first-order chi connectivity index (χ1) is 8.74. The van der Waals surface area contributed by atoms with Gasteiger partial charge in [0.15, 0.2) is 4.77 Å². The van der Waals surface area contributed by atoms with Gasteiger partial charge in [-0.05, 0) is 12.2 Å². The zero-order chi connectivity index (χ0) is 14.3. The first kappa shape index (κ1) is 14.1. The number of halogens is 3. The number of aromatic nitrogens is 2. The molecule has 2 N–H and O–H groups in total. The fraction of sp³-hybridized carbons (Fsp3) is 0.417. The average molecular weight is 290 g/mol. The topological polar surface area (TPSA) is 41.0 Å². The summed E-state index contributed by atoms with van der Waals surface area (Å²) in [6.07, 6.45) is 1.72. The Morgan fingerprint density at radius 3 is 2.68 bits per heavy atom. The zero-order valence-corrected chi connectivity index (χ0v) is 10.9. The maximum absolute atomic E-state index is 13.0. The molecule has 0 radical (unpaired) electrons. The van der Waals surface area contributed by atoms with Crippen LogP contribution in [0.25, 0.3) is 0 Å². The van der Waals surface area contributed by atoms with Crippen molar-refractivity contribution >= 4 is 12.2 Å². The number of hydrogen-bond donors (Lipinski definition) is 2. The van der Waals surface area contributed by atoms with E-state index in [1.165, 1.54) is 24.4 Å². The summed E-state index contributed by atoms with van der Waals surface area (Å²) in [5.74, 6) is -1.92. The van der Waals surface area contributed by atoms with E-state index in [0.717, 1.165) is 6.08 Å². The number of aliphatic hydroxyl groups is 1. The number of imidazole rings is 1. The van der Waals surface area contributed by atoms with E-state index in [1.807, 2.05) is 0 Å². The van der Waals surface area contributed by atoms with Crippen molar-refractivity contribution in [3.8, 4) is 0 Å². The summed E-state index contributed by atoms with van der Waals surface area (Å²) in [5.41, 5.74) is -1.48. The van der Waals surface area contributed by atoms with Crippen LogP contribution in [0.15, 0.2) is 30.5 Å². The molecule has 2 unspecified atom stereocenters. The number of hydrogen-bond acceptors (Lipinski definition) is 2. The second kappa shape index (κ2) is 4.64. The smallest absolute Gasteiger partial charge is 0.384 e. The monoisotopic (exact) mass is 290 g/mol. The molecule has 3 nitrogen and oxygen atoms in total. The van der Waals surface area contributed by atoms with Crippen LogP contribution in [0.4, 0.5) is 13.2 Å². The molecule has 1 aliphatic rings. The summed E-state index contributed by atoms with van der Waals surface area (Å²) >= 11 is 4.95. The van der Waals surface area contributed by atoms with Gasteiger partial charge in [0.25, 0.3) is 0 Å². The average Bonchev–Trinajstić information content (AvgIpc) is 2.59. The molecule has 19 heavy (non-hydrogen) atoms. The molecule has 0 spiro atoms. The minimum Gasteiger partial charge on any atom is -0.384 e. The lowest BCUT2D eigenvalue weighted by molar-refractivity contribution is -0.200. The molecular weight excluding hydrogens is 277 g/mol. The third kappa shape index (κ3) is 2.66. The fourth-order valence-electron chi connectivity index (χ4n) is 2.16. The van der Waals surface area contributed by atoms with Gasteiger partial charge in [-0.25, -0.2) is 0 Å². The van der Waals surface area contributed by atoms with Crippen LogP contribution in [0.1, 0.15) is 5.69 Å². The standard InChI is InChI=1S/C12H13F3N2OS/c1-17-8(7-16-10(17)19)6-11(18)5-3-2-4-9(11)12(13,14)15/h2-5,7,9,18H,6H2,1H3,(H,16,19). The van der Waals surface area contributed by atoms with E-state index in [4.69, 9.17) is 12.2 Å². The Hall–Kier alpha value is -1.34. The van der Waals surface area contributed by atoms with Crippen LogP contribution < -0.4 is 0 Å². The molecule has 0 fully saturated rings. The van der Waals surface area contributed by atoms with Gasteiger partial charge in [0, 0.05) is 25.4 Å². The third-order valence-corrected chi connectivity index (χ3v) is 3.64. The first-order valence-corrected chi connectivity index (χ1v) is 6.03. The van der Waals surface area contributed by atoms with Crippen molar-refractivity contribution < 1.29 is 18.3 Å². The lowest BCUT2D eigenvalue weighted by Crippen LogP contribution is -2.46. The molecule has 1 aromatic rings. The van der Waals surface area contributed by atoms with Crippen LogP contribution in [-0.4, -0.2) is 26.4 Å². The Labute approximate surface area is 113 Å². The van der Waals surface area contributed by atoms with Crippen LogP contribution >= 0.6 is 12.2 Å². The molecule has 0 bridgehead atoms. The van der Waals surface area contributed by atoms with Gasteiger partial charge in [0.05, 0.1) is 0 Å². The van der Waals surface area contributed by atoms with Crippen molar-refractivity contribution in [2.45, 2.75) is 18.2 Å². The number of rotatable bonds is 2. The second-order valence-electron chi connectivity index (χ2n) is 4.58. The Bertz CT molecular complexity index is 585. The minimum atomic E-state index is -4.50. The molecule has 2 rings (SSSR count).